The van der Waals surface area contributed by atoms with Crippen molar-refractivity contribution in [3.05, 3.63) is 16.0 Å². The standard InChI is InChI=1S/C25H37N3O3S/c1-6-15(7-2)22(30)27-23-19(13-26)18-11-10-17(12-20(18)32-23)28(24(31)16-8-9-16)21(14-29)25(3,4)5/h15-17,21,29H,6-12,14H2,1-5H3,(H,27,30). The summed E-state index contributed by atoms with van der Waals surface area (Å²) in [6, 6.07) is 2.07. The van der Waals surface area contributed by atoms with Crippen LogP contribution < -0.4 is 5.32 Å². The zero-order valence-corrected chi connectivity index (χ0v) is 20.8. The summed E-state index contributed by atoms with van der Waals surface area (Å²) in [7, 11) is 0. The van der Waals surface area contributed by atoms with Gasteiger partial charge in [-0.25, -0.2) is 0 Å². The SMILES string of the molecule is CCC(CC)C(=O)Nc1sc2c(c1C#N)CCC(N(C(=O)C1CC1)C(CO)C(C)(C)C)C2. The van der Waals surface area contributed by atoms with Gasteiger partial charge >= 0.3 is 0 Å². The van der Waals surface area contributed by atoms with Crippen LogP contribution in [0.3, 0.4) is 0 Å². The number of hydrogen-bond donors (Lipinski definition) is 2. The second-order valence-electron chi connectivity index (χ2n) is 10.3. The fourth-order valence-electron chi connectivity index (χ4n) is 4.79. The average Bonchev–Trinajstić information content (AvgIpc) is 3.53. The molecule has 1 heterocycles. The Kier molecular flexibility index (Phi) is 7.67. The second kappa shape index (κ2) is 9.93. The maximum atomic E-state index is 13.3. The summed E-state index contributed by atoms with van der Waals surface area (Å²) in [4.78, 5) is 29.0. The van der Waals surface area contributed by atoms with Gasteiger partial charge in [0.25, 0.3) is 0 Å². The highest BCUT2D eigenvalue weighted by atomic mass is 32.1. The van der Waals surface area contributed by atoms with Crippen LogP contribution in [0.25, 0.3) is 0 Å². The van der Waals surface area contributed by atoms with Crippen LogP contribution in [0.5, 0.6) is 0 Å². The minimum absolute atomic E-state index is 0.000230. The molecule has 2 aliphatic carbocycles. The number of thiophene rings is 1. The molecule has 2 aliphatic rings. The maximum Gasteiger partial charge on any atom is 0.228 e. The third-order valence-electron chi connectivity index (χ3n) is 7.03. The molecule has 6 nitrogen and oxygen atoms in total. The molecule has 7 heteroatoms. The lowest BCUT2D eigenvalue weighted by molar-refractivity contribution is -0.142. The first kappa shape index (κ1) is 24.7. The Balaban J connectivity index is 1.89. The zero-order chi connectivity index (χ0) is 23.6. The maximum absolute atomic E-state index is 13.3. The number of carbonyl (C=O) groups excluding carboxylic acids is 2. The van der Waals surface area contributed by atoms with Crippen LogP contribution in [0, 0.1) is 28.6 Å². The highest BCUT2D eigenvalue weighted by molar-refractivity contribution is 7.16. The number of aliphatic hydroxyl groups excluding tert-OH is 1. The summed E-state index contributed by atoms with van der Waals surface area (Å²) in [6.07, 6.45) is 5.54. The minimum Gasteiger partial charge on any atom is -0.394 e. The summed E-state index contributed by atoms with van der Waals surface area (Å²) in [5.41, 5.74) is 1.36. The molecule has 1 fully saturated rings. The summed E-state index contributed by atoms with van der Waals surface area (Å²) in [5, 5.41) is 23.7. The van der Waals surface area contributed by atoms with Crippen molar-refractivity contribution in [3.8, 4) is 6.07 Å². The number of aliphatic hydroxyl groups is 1. The number of amides is 2. The highest BCUT2D eigenvalue weighted by Crippen LogP contribution is 2.42. The van der Waals surface area contributed by atoms with Crippen molar-refractivity contribution in [1.82, 2.24) is 4.90 Å². The van der Waals surface area contributed by atoms with Crippen molar-refractivity contribution in [2.24, 2.45) is 17.3 Å². The van der Waals surface area contributed by atoms with Crippen molar-refractivity contribution in [1.29, 1.82) is 5.26 Å². The molecule has 2 amide bonds. The van der Waals surface area contributed by atoms with E-state index in [0.29, 0.717) is 23.4 Å². The fraction of sp³-hybridized carbons (Fsp3) is 0.720. The Labute approximate surface area is 196 Å². The predicted octanol–water partition coefficient (Wildman–Crippen LogP) is 4.50. The molecular formula is C25H37N3O3S. The van der Waals surface area contributed by atoms with E-state index < -0.39 is 0 Å². The molecule has 3 rings (SSSR count). The van der Waals surface area contributed by atoms with Gasteiger partial charge < -0.3 is 15.3 Å². The molecule has 0 radical (unpaired) electrons. The van der Waals surface area contributed by atoms with E-state index in [0.717, 1.165) is 42.5 Å². The number of carbonyl (C=O) groups is 2. The van der Waals surface area contributed by atoms with Crippen LogP contribution in [0.15, 0.2) is 0 Å². The number of nitriles is 1. The van der Waals surface area contributed by atoms with Gasteiger partial charge in [-0.2, -0.15) is 5.26 Å². The summed E-state index contributed by atoms with van der Waals surface area (Å²) in [6.45, 7) is 10.2. The van der Waals surface area contributed by atoms with Gasteiger partial charge in [-0.3, -0.25) is 9.59 Å². The molecular weight excluding hydrogens is 422 g/mol. The van der Waals surface area contributed by atoms with E-state index in [1.807, 2.05) is 18.7 Å². The highest BCUT2D eigenvalue weighted by Gasteiger charge is 2.44. The number of nitrogens with zero attached hydrogens (tertiary/aromatic N) is 2. The van der Waals surface area contributed by atoms with E-state index in [1.54, 1.807) is 0 Å². The third kappa shape index (κ3) is 5.02. The lowest BCUT2D eigenvalue weighted by Crippen LogP contribution is -2.56. The van der Waals surface area contributed by atoms with Gasteiger partial charge in [0.05, 0.1) is 18.2 Å². The van der Waals surface area contributed by atoms with Gasteiger partial charge in [-0.1, -0.05) is 34.6 Å². The predicted molar refractivity (Wildman–Crippen MR) is 127 cm³/mol. The molecule has 176 valence electrons. The Morgan fingerprint density at radius 3 is 2.41 bits per heavy atom. The lowest BCUT2D eigenvalue weighted by atomic mass is 9.82. The molecule has 1 saturated carbocycles. The van der Waals surface area contributed by atoms with Crippen molar-refractivity contribution in [3.63, 3.8) is 0 Å². The van der Waals surface area contributed by atoms with Crippen molar-refractivity contribution in [2.45, 2.75) is 91.6 Å². The Morgan fingerprint density at radius 2 is 1.91 bits per heavy atom. The van der Waals surface area contributed by atoms with Gasteiger partial charge in [0.1, 0.15) is 11.1 Å². The molecule has 0 aromatic carbocycles. The van der Waals surface area contributed by atoms with Crippen LogP contribution in [-0.4, -0.2) is 40.5 Å². The molecule has 1 aromatic heterocycles. The number of fused-ring (bicyclic) bond motifs is 1. The molecule has 2 unspecified atom stereocenters. The monoisotopic (exact) mass is 459 g/mol. The number of rotatable bonds is 8. The van der Waals surface area contributed by atoms with Crippen LogP contribution in [-0.2, 0) is 22.4 Å². The lowest BCUT2D eigenvalue weighted by Gasteiger charge is -2.45. The normalized spacial score (nSPS) is 19.2. The van der Waals surface area contributed by atoms with Gasteiger partial charge in [-0.05, 0) is 49.5 Å². The van der Waals surface area contributed by atoms with E-state index in [9.17, 15) is 20.0 Å². The van der Waals surface area contributed by atoms with Crippen LogP contribution in [0.2, 0.25) is 0 Å². The molecule has 0 bridgehead atoms. The fourth-order valence-corrected chi connectivity index (χ4v) is 6.07. The molecule has 0 spiro atoms. The number of anilines is 1. The third-order valence-corrected chi connectivity index (χ3v) is 8.20. The topological polar surface area (TPSA) is 93.4 Å². The average molecular weight is 460 g/mol. The summed E-state index contributed by atoms with van der Waals surface area (Å²) < 4.78 is 0. The first-order valence-electron chi connectivity index (χ1n) is 11.9. The minimum atomic E-state index is -0.244. The van der Waals surface area contributed by atoms with Gasteiger partial charge in [0.2, 0.25) is 11.8 Å². The summed E-state index contributed by atoms with van der Waals surface area (Å²) >= 11 is 1.48. The van der Waals surface area contributed by atoms with E-state index in [4.69, 9.17) is 0 Å². The Bertz CT molecular complexity index is 887. The summed E-state index contributed by atoms with van der Waals surface area (Å²) in [5.74, 6) is 0.157. The molecule has 32 heavy (non-hydrogen) atoms. The van der Waals surface area contributed by atoms with Crippen molar-refractivity contribution >= 4 is 28.2 Å². The number of hydrogen-bond acceptors (Lipinski definition) is 5. The van der Waals surface area contributed by atoms with Crippen LogP contribution in [0.4, 0.5) is 5.00 Å². The largest absolute Gasteiger partial charge is 0.394 e. The van der Waals surface area contributed by atoms with Crippen molar-refractivity contribution < 1.29 is 14.7 Å². The number of nitrogens with one attached hydrogen (secondary N) is 1. The second-order valence-corrected chi connectivity index (χ2v) is 11.4. The Morgan fingerprint density at radius 1 is 1.25 bits per heavy atom. The smallest absolute Gasteiger partial charge is 0.228 e. The van der Waals surface area contributed by atoms with E-state index in [-0.39, 0.29) is 47.8 Å². The molecule has 2 atom stereocenters. The molecule has 0 aliphatic heterocycles. The van der Waals surface area contributed by atoms with Crippen molar-refractivity contribution in [2.75, 3.05) is 11.9 Å². The van der Waals surface area contributed by atoms with Gasteiger partial charge in [0, 0.05) is 29.2 Å². The molecule has 1 aromatic rings. The van der Waals surface area contributed by atoms with E-state index in [2.05, 4.69) is 32.2 Å². The quantitative estimate of drug-likeness (QED) is 0.599. The van der Waals surface area contributed by atoms with E-state index >= 15 is 0 Å². The first-order valence-corrected chi connectivity index (χ1v) is 12.8. The van der Waals surface area contributed by atoms with Crippen LogP contribution >= 0.6 is 11.3 Å². The van der Waals surface area contributed by atoms with Crippen LogP contribution in [0.1, 0.15) is 82.7 Å². The molecule has 2 N–H and O–H groups in total. The van der Waals surface area contributed by atoms with E-state index in [1.165, 1.54) is 11.3 Å². The Hall–Kier alpha value is -1.91. The first-order chi connectivity index (χ1) is 15.2. The van der Waals surface area contributed by atoms with Gasteiger partial charge in [-0.15, -0.1) is 11.3 Å². The molecule has 0 saturated heterocycles. The van der Waals surface area contributed by atoms with Gasteiger partial charge in [0.15, 0.2) is 0 Å². The zero-order valence-electron chi connectivity index (χ0n) is 20.0.